The molecule has 1 N–H and O–H groups in total. The Morgan fingerprint density at radius 2 is 2.29 bits per heavy atom. The molecule has 0 bridgehead atoms. The Labute approximate surface area is 124 Å². The maximum atomic E-state index is 12.0. The van der Waals surface area contributed by atoms with E-state index >= 15 is 0 Å². The van der Waals surface area contributed by atoms with E-state index in [1.165, 1.54) is 0 Å². The lowest BCUT2D eigenvalue weighted by Crippen LogP contribution is -2.33. The molecule has 0 radical (unpaired) electrons. The predicted octanol–water partition coefficient (Wildman–Crippen LogP) is 3.21. The van der Waals surface area contributed by atoms with E-state index in [1.54, 1.807) is 7.11 Å². The van der Waals surface area contributed by atoms with Crippen molar-refractivity contribution in [3.63, 3.8) is 0 Å². The van der Waals surface area contributed by atoms with Crippen molar-refractivity contribution in [2.24, 2.45) is 0 Å². The Morgan fingerprint density at radius 3 is 2.94 bits per heavy atom. The normalized spacial score (nSPS) is 12.2. The van der Waals surface area contributed by atoms with Gasteiger partial charge in [-0.15, -0.1) is 0 Å². The molecule has 0 saturated heterocycles. The molecule has 0 aromatic heterocycles. The lowest BCUT2D eigenvalue weighted by atomic mass is 10.2. The first-order chi connectivity index (χ1) is 8.04. The van der Waals surface area contributed by atoms with Gasteiger partial charge in [0.2, 0.25) is 0 Å². The van der Waals surface area contributed by atoms with Crippen LogP contribution in [-0.2, 0) is 4.74 Å². The maximum Gasteiger partial charge on any atom is 0.252 e. The Balaban J connectivity index is 2.66. The number of hydrogen-bond donors (Lipinski definition) is 1. The first-order valence-electron chi connectivity index (χ1n) is 5.29. The van der Waals surface area contributed by atoms with Gasteiger partial charge in [0.05, 0.1) is 5.56 Å². The minimum Gasteiger partial charge on any atom is -0.385 e. The number of amides is 1. The van der Waals surface area contributed by atoms with Gasteiger partial charge in [-0.05, 0) is 70.1 Å². The van der Waals surface area contributed by atoms with Crippen LogP contribution in [0.1, 0.15) is 23.7 Å². The summed E-state index contributed by atoms with van der Waals surface area (Å²) in [6.45, 7) is 2.62. The lowest BCUT2D eigenvalue weighted by Gasteiger charge is -2.14. The average molecular weight is 412 g/mol. The van der Waals surface area contributed by atoms with E-state index < -0.39 is 0 Å². The van der Waals surface area contributed by atoms with Gasteiger partial charge >= 0.3 is 0 Å². The third kappa shape index (κ3) is 4.93. The molecule has 1 aromatic rings. The SMILES string of the molecule is COCCC(C)NC(=O)c1cc(I)ccc1Br. The van der Waals surface area contributed by atoms with Gasteiger partial charge in [0.1, 0.15) is 0 Å². The number of halogens is 2. The van der Waals surface area contributed by atoms with Crippen molar-refractivity contribution in [1.29, 1.82) is 0 Å². The molecular formula is C12H15BrINO2. The smallest absolute Gasteiger partial charge is 0.252 e. The number of hydrogen-bond acceptors (Lipinski definition) is 2. The summed E-state index contributed by atoms with van der Waals surface area (Å²) in [7, 11) is 1.66. The minimum absolute atomic E-state index is 0.0565. The van der Waals surface area contributed by atoms with Gasteiger partial charge in [-0.1, -0.05) is 0 Å². The molecule has 1 unspecified atom stereocenters. The number of nitrogens with one attached hydrogen (secondary N) is 1. The number of rotatable bonds is 5. The first kappa shape index (κ1) is 14.9. The van der Waals surface area contributed by atoms with Crippen molar-refractivity contribution in [3.05, 3.63) is 31.8 Å². The fourth-order valence-corrected chi connectivity index (χ4v) is 2.26. The van der Waals surface area contributed by atoms with E-state index in [1.807, 2.05) is 25.1 Å². The molecule has 0 saturated carbocycles. The molecule has 3 nitrogen and oxygen atoms in total. The average Bonchev–Trinajstić information content (AvgIpc) is 2.29. The lowest BCUT2D eigenvalue weighted by molar-refractivity contribution is 0.0929. The third-order valence-electron chi connectivity index (χ3n) is 2.31. The van der Waals surface area contributed by atoms with Crippen LogP contribution in [0.3, 0.4) is 0 Å². The van der Waals surface area contributed by atoms with Gasteiger partial charge in [-0.25, -0.2) is 0 Å². The Morgan fingerprint density at radius 1 is 1.59 bits per heavy atom. The van der Waals surface area contributed by atoms with Crippen molar-refractivity contribution in [3.8, 4) is 0 Å². The molecule has 1 amide bonds. The molecule has 0 heterocycles. The highest BCUT2D eigenvalue weighted by atomic mass is 127. The molecule has 17 heavy (non-hydrogen) atoms. The third-order valence-corrected chi connectivity index (χ3v) is 3.67. The van der Waals surface area contributed by atoms with Crippen molar-refractivity contribution < 1.29 is 9.53 Å². The molecule has 0 aliphatic carbocycles. The number of carbonyl (C=O) groups is 1. The van der Waals surface area contributed by atoms with Gasteiger partial charge in [0.15, 0.2) is 0 Å². The highest BCUT2D eigenvalue weighted by Gasteiger charge is 2.12. The second-order valence-corrected chi connectivity index (χ2v) is 5.88. The summed E-state index contributed by atoms with van der Waals surface area (Å²) in [5, 5.41) is 2.95. The van der Waals surface area contributed by atoms with Crippen molar-refractivity contribution in [2.45, 2.75) is 19.4 Å². The van der Waals surface area contributed by atoms with Crippen LogP contribution in [0.4, 0.5) is 0 Å². The highest BCUT2D eigenvalue weighted by Crippen LogP contribution is 2.19. The second kappa shape index (κ2) is 7.33. The molecule has 0 fully saturated rings. The van der Waals surface area contributed by atoms with Crippen LogP contribution in [0.5, 0.6) is 0 Å². The summed E-state index contributed by atoms with van der Waals surface area (Å²) in [6, 6.07) is 5.81. The zero-order chi connectivity index (χ0) is 12.8. The Hall–Kier alpha value is -0.140. The molecule has 0 aliphatic rings. The van der Waals surface area contributed by atoms with Gasteiger partial charge in [0.25, 0.3) is 5.91 Å². The summed E-state index contributed by atoms with van der Waals surface area (Å²) in [4.78, 5) is 12.0. The van der Waals surface area contributed by atoms with Gasteiger partial charge in [-0.3, -0.25) is 4.79 Å². The topological polar surface area (TPSA) is 38.3 Å². The number of methoxy groups -OCH3 is 1. The van der Waals surface area contributed by atoms with Crippen LogP contribution < -0.4 is 5.32 Å². The largest absolute Gasteiger partial charge is 0.385 e. The summed E-state index contributed by atoms with van der Waals surface area (Å²) in [5.41, 5.74) is 0.668. The summed E-state index contributed by atoms with van der Waals surface area (Å²) >= 11 is 5.58. The minimum atomic E-state index is -0.0565. The zero-order valence-electron chi connectivity index (χ0n) is 9.80. The molecule has 1 aromatic carbocycles. The Kier molecular flexibility index (Phi) is 6.43. The molecule has 5 heteroatoms. The molecule has 1 rings (SSSR count). The number of benzene rings is 1. The highest BCUT2D eigenvalue weighted by molar-refractivity contribution is 14.1. The fraction of sp³-hybridized carbons (Fsp3) is 0.417. The van der Waals surface area contributed by atoms with Crippen molar-refractivity contribution in [1.82, 2.24) is 5.32 Å². The molecule has 0 aliphatic heterocycles. The van der Waals surface area contributed by atoms with Crippen LogP contribution in [-0.4, -0.2) is 25.7 Å². The van der Waals surface area contributed by atoms with Gasteiger partial charge in [-0.2, -0.15) is 0 Å². The van der Waals surface area contributed by atoms with E-state index in [0.717, 1.165) is 14.5 Å². The molecule has 1 atom stereocenters. The van der Waals surface area contributed by atoms with Crippen LogP contribution >= 0.6 is 38.5 Å². The van der Waals surface area contributed by atoms with E-state index in [0.29, 0.717) is 12.2 Å². The van der Waals surface area contributed by atoms with E-state index in [2.05, 4.69) is 43.8 Å². The van der Waals surface area contributed by atoms with Crippen LogP contribution in [0.15, 0.2) is 22.7 Å². The van der Waals surface area contributed by atoms with E-state index in [4.69, 9.17) is 4.74 Å². The maximum absolute atomic E-state index is 12.0. The summed E-state index contributed by atoms with van der Waals surface area (Å²) in [6.07, 6.45) is 0.809. The van der Waals surface area contributed by atoms with Crippen LogP contribution in [0.2, 0.25) is 0 Å². The predicted molar refractivity (Wildman–Crippen MR) is 80.3 cm³/mol. The van der Waals surface area contributed by atoms with Gasteiger partial charge in [0, 0.05) is 27.8 Å². The van der Waals surface area contributed by atoms with E-state index in [9.17, 15) is 4.79 Å². The fourth-order valence-electron chi connectivity index (χ4n) is 1.34. The molecule has 94 valence electrons. The van der Waals surface area contributed by atoms with Crippen molar-refractivity contribution >= 4 is 44.4 Å². The van der Waals surface area contributed by atoms with E-state index in [-0.39, 0.29) is 11.9 Å². The van der Waals surface area contributed by atoms with Crippen LogP contribution in [0.25, 0.3) is 0 Å². The summed E-state index contributed by atoms with van der Waals surface area (Å²) in [5.74, 6) is -0.0565. The number of ether oxygens (including phenoxy) is 1. The molecule has 0 spiro atoms. The Bertz CT molecular complexity index is 398. The molecular weight excluding hydrogens is 397 g/mol. The summed E-state index contributed by atoms with van der Waals surface area (Å²) < 4.78 is 6.84. The van der Waals surface area contributed by atoms with Crippen molar-refractivity contribution in [2.75, 3.05) is 13.7 Å². The van der Waals surface area contributed by atoms with Crippen LogP contribution in [0, 0.1) is 3.57 Å². The quantitative estimate of drug-likeness (QED) is 0.755. The van der Waals surface area contributed by atoms with Gasteiger partial charge < -0.3 is 10.1 Å². The first-order valence-corrected chi connectivity index (χ1v) is 7.16. The zero-order valence-corrected chi connectivity index (χ0v) is 13.5. The second-order valence-electron chi connectivity index (χ2n) is 3.78. The number of carbonyl (C=O) groups excluding carboxylic acids is 1. The standard InChI is InChI=1S/C12H15BrINO2/c1-8(5-6-17-2)15-12(16)10-7-9(14)3-4-11(10)13/h3-4,7-8H,5-6H2,1-2H3,(H,15,16). The monoisotopic (exact) mass is 411 g/mol.